The number of thiophene rings is 1. The van der Waals surface area contributed by atoms with Crippen LogP contribution in [0.25, 0.3) is 10.1 Å². The molecular formula is C21H23ClN2OS. The van der Waals surface area contributed by atoms with E-state index in [0.717, 1.165) is 15.6 Å². The standard InChI is InChI=1S/C21H23ClN2OS/c1-13-5-8-15(9-6-13)17(24(3)4)12-23-21(25)20-19(22)16-10-7-14(2)11-18(16)26-20/h5-11,17H,12H2,1-4H3,(H,23,25)/t17-/m0/s1. The Kier molecular flexibility index (Phi) is 5.66. The zero-order valence-electron chi connectivity index (χ0n) is 15.5. The molecule has 26 heavy (non-hydrogen) atoms. The molecule has 136 valence electrons. The van der Waals surface area contributed by atoms with Gasteiger partial charge in [0.15, 0.2) is 0 Å². The van der Waals surface area contributed by atoms with Crippen molar-refractivity contribution in [3.63, 3.8) is 0 Å². The van der Waals surface area contributed by atoms with Gasteiger partial charge in [0.25, 0.3) is 5.91 Å². The Morgan fingerprint density at radius 3 is 2.42 bits per heavy atom. The summed E-state index contributed by atoms with van der Waals surface area (Å²) in [6.07, 6.45) is 0. The number of hydrogen-bond donors (Lipinski definition) is 1. The van der Waals surface area contributed by atoms with Crippen LogP contribution in [0.5, 0.6) is 0 Å². The van der Waals surface area contributed by atoms with Gasteiger partial charge in [0, 0.05) is 16.6 Å². The maximum absolute atomic E-state index is 12.7. The first-order valence-corrected chi connectivity index (χ1v) is 9.76. The van der Waals surface area contributed by atoms with Crippen LogP contribution in [0.15, 0.2) is 42.5 Å². The van der Waals surface area contributed by atoms with Gasteiger partial charge in [0.2, 0.25) is 0 Å². The average molecular weight is 387 g/mol. The molecule has 1 amide bonds. The number of nitrogens with one attached hydrogen (secondary N) is 1. The Bertz CT molecular complexity index is 931. The fourth-order valence-electron chi connectivity index (χ4n) is 2.98. The number of nitrogens with zero attached hydrogens (tertiary/aromatic N) is 1. The van der Waals surface area contributed by atoms with Crippen LogP contribution in [0.2, 0.25) is 5.02 Å². The van der Waals surface area contributed by atoms with Gasteiger partial charge in [-0.05, 0) is 45.1 Å². The van der Waals surface area contributed by atoms with Gasteiger partial charge in [-0.25, -0.2) is 0 Å². The van der Waals surface area contributed by atoms with Crippen LogP contribution >= 0.6 is 22.9 Å². The quantitative estimate of drug-likeness (QED) is 0.653. The van der Waals surface area contributed by atoms with Crippen LogP contribution in [0.4, 0.5) is 0 Å². The van der Waals surface area contributed by atoms with Gasteiger partial charge >= 0.3 is 0 Å². The van der Waals surface area contributed by atoms with Crippen molar-refractivity contribution in [3.8, 4) is 0 Å². The molecule has 0 saturated carbocycles. The van der Waals surface area contributed by atoms with Gasteiger partial charge in [-0.3, -0.25) is 4.79 Å². The summed E-state index contributed by atoms with van der Waals surface area (Å²) in [5, 5.41) is 4.54. The van der Waals surface area contributed by atoms with Crippen molar-refractivity contribution in [2.24, 2.45) is 0 Å². The van der Waals surface area contributed by atoms with Gasteiger partial charge in [-0.2, -0.15) is 0 Å². The van der Waals surface area contributed by atoms with Crippen LogP contribution in [-0.2, 0) is 0 Å². The Balaban J connectivity index is 1.78. The largest absolute Gasteiger partial charge is 0.349 e. The van der Waals surface area contributed by atoms with Crippen molar-refractivity contribution >= 4 is 38.9 Å². The molecule has 1 N–H and O–H groups in total. The molecule has 3 aromatic rings. The van der Waals surface area contributed by atoms with E-state index in [1.165, 1.54) is 22.5 Å². The number of carbonyl (C=O) groups excluding carboxylic acids is 1. The van der Waals surface area contributed by atoms with Crippen molar-refractivity contribution in [1.82, 2.24) is 10.2 Å². The molecule has 3 nitrogen and oxygen atoms in total. The van der Waals surface area contributed by atoms with Gasteiger partial charge in [-0.15, -0.1) is 11.3 Å². The highest BCUT2D eigenvalue weighted by Gasteiger charge is 2.20. The Labute approximate surface area is 163 Å². The molecule has 0 unspecified atom stereocenters. The third-order valence-corrected chi connectivity index (χ3v) is 6.19. The van der Waals surface area contributed by atoms with Gasteiger partial charge in [0.05, 0.1) is 11.1 Å². The van der Waals surface area contributed by atoms with Gasteiger partial charge in [0.1, 0.15) is 4.88 Å². The minimum absolute atomic E-state index is 0.106. The summed E-state index contributed by atoms with van der Waals surface area (Å²) in [6.45, 7) is 4.63. The molecule has 0 fully saturated rings. The lowest BCUT2D eigenvalue weighted by atomic mass is 10.0. The van der Waals surface area contributed by atoms with Crippen LogP contribution in [-0.4, -0.2) is 31.4 Å². The molecule has 0 aliphatic heterocycles. The number of fused-ring (bicyclic) bond motifs is 1. The summed E-state index contributed by atoms with van der Waals surface area (Å²) in [5.74, 6) is -0.118. The van der Waals surface area contributed by atoms with Crippen molar-refractivity contribution in [1.29, 1.82) is 0 Å². The summed E-state index contributed by atoms with van der Waals surface area (Å²) in [7, 11) is 4.04. The molecule has 3 rings (SSSR count). The van der Waals surface area contributed by atoms with Crippen molar-refractivity contribution in [2.75, 3.05) is 20.6 Å². The summed E-state index contributed by atoms with van der Waals surface area (Å²) in [6, 6.07) is 14.6. The fourth-order valence-corrected chi connectivity index (χ4v) is 4.51. The molecule has 0 bridgehead atoms. The van der Waals surface area contributed by atoms with E-state index in [2.05, 4.69) is 47.5 Å². The highest BCUT2D eigenvalue weighted by molar-refractivity contribution is 7.21. The Hall–Kier alpha value is -1.88. The van der Waals surface area contributed by atoms with E-state index in [-0.39, 0.29) is 11.9 Å². The number of carbonyl (C=O) groups is 1. The molecule has 0 aliphatic carbocycles. The zero-order valence-corrected chi connectivity index (χ0v) is 17.0. The van der Waals surface area contributed by atoms with E-state index < -0.39 is 0 Å². The van der Waals surface area contributed by atoms with Crippen molar-refractivity contribution in [3.05, 3.63) is 69.1 Å². The summed E-state index contributed by atoms with van der Waals surface area (Å²) < 4.78 is 1.04. The second kappa shape index (κ2) is 7.78. The number of likely N-dealkylation sites (N-methyl/N-ethyl adjacent to an activating group) is 1. The number of hydrogen-bond acceptors (Lipinski definition) is 3. The van der Waals surface area contributed by atoms with E-state index >= 15 is 0 Å². The highest BCUT2D eigenvalue weighted by Crippen LogP contribution is 2.35. The molecular weight excluding hydrogens is 364 g/mol. The normalized spacial score (nSPS) is 12.5. The second-order valence-corrected chi connectivity index (χ2v) is 8.28. The number of amides is 1. The van der Waals surface area contributed by atoms with Crippen molar-refractivity contribution in [2.45, 2.75) is 19.9 Å². The minimum atomic E-state index is -0.118. The van der Waals surface area contributed by atoms with E-state index in [1.807, 2.05) is 33.2 Å². The first kappa shape index (κ1) is 18.9. The molecule has 0 spiro atoms. The van der Waals surface area contributed by atoms with E-state index in [0.29, 0.717) is 16.4 Å². The lowest BCUT2D eigenvalue weighted by Crippen LogP contribution is -2.34. The Morgan fingerprint density at radius 1 is 1.12 bits per heavy atom. The number of aryl methyl sites for hydroxylation is 2. The van der Waals surface area contributed by atoms with Crippen molar-refractivity contribution < 1.29 is 4.79 Å². The first-order valence-electron chi connectivity index (χ1n) is 8.56. The minimum Gasteiger partial charge on any atom is -0.349 e. The molecule has 5 heteroatoms. The Morgan fingerprint density at radius 2 is 1.77 bits per heavy atom. The van der Waals surface area contributed by atoms with Crippen LogP contribution in [0.1, 0.15) is 32.4 Å². The summed E-state index contributed by atoms with van der Waals surface area (Å²) in [5.41, 5.74) is 3.57. The van der Waals surface area contributed by atoms with Gasteiger partial charge in [-0.1, -0.05) is 53.6 Å². The predicted molar refractivity (Wildman–Crippen MR) is 112 cm³/mol. The molecule has 0 aliphatic rings. The molecule has 1 heterocycles. The summed E-state index contributed by atoms with van der Waals surface area (Å²) >= 11 is 7.90. The SMILES string of the molecule is Cc1ccc([C@H](CNC(=O)c2sc3cc(C)ccc3c2Cl)N(C)C)cc1. The summed E-state index contributed by atoms with van der Waals surface area (Å²) in [4.78, 5) is 15.4. The lowest BCUT2D eigenvalue weighted by molar-refractivity contribution is 0.0946. The van der Waals surface area contributed by atoms with Crippen LogP contribution < -0.4 is 5.32 Å². The van der Waals surface area contributed by atoms with E-state index in [4.69, 9.17) is 11.6 Å². The van der Waals surface area contributed by atoms with E-state index in [9.17, 15) is 4.79 Å². The zero-order chi connectivity index (χ0) is 18.8. The van der Waals surface area contributed by atoms with Gasteiger partial charge < -0.3 is 10.2 Å². The highest BCUT2D eigenvalue weighted by atomic mass is 35.5. The second-order valence-electron chi connectivity index (χ2n) is 6.84. The monoisotopic (exact) mass is 386 g/mol. The molecule has 2 aromatic carbocycles. The maximum Gasteiger partial charge on any atom is 0.262 e. The molecule has 0 radical (unpaired) electrons. The average Bonchev–Trinajstić information content (AvgIpc) is 2.92. The molecule has 1 aromatic heterocycles. The first-order chi connectivity index (χ1) is 12.4. The van der Waals surface area contributed by atoms with Crippen LogP contribution in [0.3, 0.4) is 0 Å². The smallest absolute Gasteiger partial charge is 0.262 e. The number of rotatable bonds is 5. The fraction of sp³-hybridized carbons (Fsp3) is 0.286. The maximum atomic E-state index is 12.7. The number of halogens is 1. The van der Waals surface area contributed by atoms with Crippen LogP contribution in [0, 0.1) is 13.8 Å². The third kappa shape index (κ3) is 3.93. The third-order valence-electron chi connectivity index (χ3n) is 4.53. The predicted octanol–water partition coefficient (Wildman–Crippen LogP) is 5.20. The molecule has 0 saturated heterocycles. The molecule has 1 atom stereocenters. The number of benzene rings is 2. The van der Waals surface area contributed by atoms with E-state index in [1.54, 1.807) is 0 Å². The lowest BCUT2D eigenvalue weighted by Gasteiger charge is -2.25. The topological polar surface area (TPSA) is 32.3 Å².